The summed E-state index contributed by atoms with van der Waals surface area (Å²) in [7, 11) is 1.75. The Morgan fingerprint density at radius 2 is 2.15 bits per heavy atom. The molecular formula is C19H29ClN2O3S. The molecule has 5 nitrogen and oxygen atoms in total. The van der Waals surface area contributed by atoms with Gasteiger partial charge in [-0.15, -0.1) is 11.3 Å². The van der Waals surface area contributed by atoms with Gasteiger partial charge in [0.25, 0.3) is 5.91 Å². The Kier molecular flexibility index (Phi) is 7.76. The Hall–Kier alpha value is -0.660. The van der Waals surface area contributed by atoms with E-state index in [0.717, 1.165) is 70.0 Å². The molecule has 2 aliphatic rings. The van der Waals surface area contributed by atoms with Crippen LogP contribution in [0.15, 0.2) is 12.1 Å². The van der Waals surface area contributed by atoms with E-state index in [0.29, 0.717) is 16.8 Å². The number of hydrogen-bond donors (Lipinski definition) is 0. The fraction of sp³-hybridized carbons (Fsp3) is 0.737. The third kappa shape index (κ3) is 5.67. The fourth-order valence-corrected chi connectivity index (χ4v) is 4.80. The van der Waals surface area contributed by atoms with E-state index in [1.807, 2.05) is 11.0 Å². The number of rotatable bonds is 8. The Morgan fingerprint density at radius 1 is 1.35 bits per heavy atom. The number of methoxy groups -OCH3 is 1. The van der Waals surface area contributed by atoms with Crippen molar-refractivity contribution in [2.45, 2.75) is 31.8 Å². The van der Waals surface area contributed by atoms with E-state index in [-0.39, 0.29) is 12.0 Å². The maximum Gasteiger partial charge on any atom is 0.264 e. The molecule has 2 aliphatic heterocycles. The minimum absolute atomic E-state index is 0.0965. The van der Waals surface area contributed by atoms with Crippen molar-refractivity contribution in [1.82, 2.24) is 9.80 Å². The van der Waals surface area contributed by atoms with Gasteiger partial charge in [0.05, 0.1) is 21.9 Å². The maximum absolute atomic E-state index is 13.0. The van der Waals surface area contributed by atoms with Crippen LogP contribution in [0.2, 0.25) is 4.34 Å². The monoisotopic (exact) mass is 400 g/mol. The summed E-state index contributed by atoms with van der Waals surface area (Å²) in [6, 6.07) is 3.64. The van der Waals surface area contributed by atoms with E-state index in [4.69, 9.17) is 21.1 Å². The summed E-state index contributed by atoms with van der Waals surface area (Å²) in [5.74, 6) is 0.647. The van der Waals surface area contributed by atoms with Crippen molar-refractivity contribution in [3.05, 3.63) is 21.3 Å². The first-order valence-electron chi connectivity index (χ1n) is 9.53. The van der Waals surface area contributed by atoms with Crippen LogP contribution in [-0.2, 0) is 9.47 Å². The highest BCUT2D eigenvalue weighted by atomic mass is 35.5. The summed E-state index contributed by atoms with van der Waals surface area (Å²) < 4.78 is 11.6. The first-order valence-corrected chi connectivity index (χ1v) is 10.7. The van der Waals surface area contributed by atoms with Crippen LogP contribution in [0.1, 0.15) is 35.4 Å². The third-order valence-electron chi connectivity index (χ3n) is 5.32. The number of nitrogens with zero attached hydrogens (tertiary/aromatic N) is 2. The van der Waals surface area contributed by atoms with Gasteiger partial charge in [-0.25, -0.2) is 0 Å². The molecule has 1 aromatic heterocycles. The molecule has 1 amide bonds. The average Bonchev–Trinajstić information content (AvgIpc) is 3.31. The van der Waals surface area contributed by atoms with Gasteiger partial charge in [0.2, 0.25) is 0 Å². The Labute approximate surface area is 165 Å². The molecule has 0 saturated carbocycles. The van der Waals surface area contributed by atoms with Crippen LogP contribution in [-0.4, -0.2) is 74.9 Å². The number of carbonyl (C=O) groups excluding carboxylic acids is 1. The molecule has 2 fully saturated rings. The maximum atomic E-state index is 13.0. The lowest BCUT2D eigenvalue weighted by atomic mass is 9.96. The van der Waals surface area contributed by atoms with E-state index >= 15 is 0 Å². The molecule has 0 bridgehead atoms. The predicted molar refractivity (Wildman–Crippen MR) is 105 cm³/mol. The number of ether oxygens (including phenoxy) is 2. The first-order chi connectivity index (χ1) is 12.7. The SMILES string of the molecule is COCCN1CCC(CN(CC2CCCO2)C(=O)c2ccc(Cl)s2)CC1. The standard InChI is InChI=1S/C19H29ClN2O3S/c1-24-12-10-21-8-6-15(7-9-21)13-22(14-16-3-2-11-25-16)19(23)17-4-5-18(20)26-17/h4-5,15-16H,2-3,6-14H2,1H3. The van der Waals surface area contributed by atoms with Gasteiger partial charge >= 0.3 is 0 Å². The van der Waals surface area contributed by atoms with Gasteiger partial charge in [-0.1, -0.05) is 11.6 Å². The summed E-state index contributed by atoms with van der Waals surface area (Å²) in [5.41, 5.74) is 0. The van der Waals surface area contributed by atoms with Gasteiger partial charge < -0.3 is 19.3 Å². The zero-order valence-corrected chi connectivity index (χ0v) is 17.1. The Morgan fingerprint density at radius 3 is 2.77 bits per heavy atom. The van der Waals surface area contributed by atoms with Crippen LogP contribution in [0.3, 0.4) is 0 Å². The number of likely N-dealkylation sites (tertiary alicyclic amines) is 1. The van der Waals surface area contributed by atoms with E-state index < -0.39 is 0 Å². The van der Waals surface area contributed by atoms with Gasteiger partial charge in [0, 0.05) is 33.4 Å². The van der Waals surface area contributed by atoms with Crippen molar-refractivity contribution < 1.29 is 14.3 Å². The molecule has 0 spiro atoms. The quantitative estimate of drug-likeness (QED) is 0.670. The topological polar surface area (TPSA) is 42.0 Å². The van der Waals surface area contributed by atoms with Gasteiger partial charge in [0.15, 0.2) is 0 Å². The van der Waals surface area contributed by atoms with Crippen molar-refractivity contribution in [3.63, 3.8) is 0 Å². The highest BCUT2D eigenvalue weighted by Crippen LogP contribution is 2.26. The predicted octanol–water partition coefficient (Wildman–Crippen LogP) is 3.38. The Balaban J connectivity index is 1.57. The summed E-state index contributed by atoms with van der Waals surface area (Å²) in [6.45, 7) is 6.27. The number of amides is 1. The molecule has 0 radical (unpaired) electrons. The van der Waals surface area contributed by atoms with Crippen LogP contribution < -0.4 is 0 Å². The van der Waals surface area contributed by atoms with Crippen LogP contribution in [0.25, 0.3) is 0 Å². The summed E-state index contributed by atoms with van der Waals surface area (Å²) in [5, 5.41) is 0. The lowest BCUT2D eigenvalue weighted by Crippen LogP contribution is -2.44. The van der Waals surface area contributed by atoms with Gasteiger partial charge in [-0.05, 0) is 56.8 Å². The molecule has 0 aromatic carbocycles. The van der Waals surface area contributed by atoms with Gasteiger partial charge in [0.1, 0.15) is 0 Å². The van der Waals surface area contributed by atoms with Gasteiger partial charge in [-0.2, -0.15) is 0 Å². The average molecular weight is 401 g/mol. The largest absolute Gasteiger partial charge is 0.383 e. The summed E-state index contributed by atoms with van der Waals surface area (Å²) in [4.78, 5) is 18.2. The second-order valence-corrected chi connectivity index (χ2v) is 8.94. The summed E-state index contributed by atoms with van der Waals surface area (Å²) in [6.07, 6.45) is 4.57. The number of carbonyl (C=O) groups is 1. The first kappa shape index (κ1) is 20.1. The smallest absolute Gasteiger partial charge is 0.264 e. The van der Waals surface area contributed by atoms with E-state index in [1.54, 1.807) is 13.2 Å². The molecule has 2 saturated heterocycles. The van der Waals surface area contributed by atoms with Crippen molar-refractivity contribution in [2.75, 3.05) is 53.0 Å². The van der Waals surface area contributed by atoms with E-state index in [9.17, 15) is 4.79 Å². The van der Waals surface area contributed by atoms with Crippen molar-refractivity contribution in [1.29, 1.82) is 0 Å². The molecule has 7 heteroatoms. The molecule has 0 aliphatic carbocycles. The minimum atomic E-state index is 0.0965. The molecule has 3 rings (SSSR count). The number of hydrogen-bond acceptors (Lipinski definition) is 5. The second-order valence-electron chi connectivity index (χ2n) is 7.23. The lowest BCUT2D eigenvalue weighted by molar-refractivity contribution is 0.0440. The molecule has 26 heavy (non-hydrogen) atoms. The van der Waals surface area contributed by atoms with Crippen LogP contribution in [0, 0.1) is 5.92 Å². The van der Waals surface area contributed by atoms with Crippen LogP contribution in [0.4, 0.5) is 0 Å². The molecule has 1 aromatic rings. The van der Waals surface area contributed by atoms with Crippen LogP contribution in [0.5, 0.6) is 0 Å². The normalized spacial score (nSPS) is 22.0. The highest BCUT2D eigenvalue weighted by molar-refractivity contribution is 7.17. The number of halogens is 1. The van der Waals surface area contributed by atoms with E-state index in [2.05, 4.69) is 4.90 Å². The fourth-order valence-electron chi connectivity index (χ4n) is 3.78. The van der Waals surface area contributed by atoms with Gasteiger partial charge in [-0.3, -0.25) is 4.79 Å². The van der Waals surface area contributed by atoms with Crippen molar-refractivity contribution in [3.8, 4) is 0 Å². The van der Waals surface area contributed by atoms with E-state index in [1.165, 1.54) is 11.3 Å². The minimum Gasteiger partial charge on any atom is -0.383 e. The molecule has 146 valence electrons. The Bertz CT molecular complexity index is 569. The zero-order valence-electron chi connectivity index (χ0n) is 15.5. The highest BCUT2D eigenvalue weighted by Gasteiger charge is 2.28. The molecule has 1 atom stereocenters. The zero-order chi connectivity index (χ0) is 18.4. The molecule has 0 N–H and O–H groups in total. The molecule has 1 unspecified atom stereocenters. The van der Waals surface area contributed by atoms with Crippen molar-refractivity contribution >= 4 is 28.8 Å². The molecule has 3 heterocycles. The number of thiophene rings is 1. The number of piperidine rings is 1. The summed E-state index contributed by atoms with van der Waals surface area (Å²) >= 11 is 7.40. The second kappa shape index (κ2) is 10.0. The lowest BCUT2D eigenvalue weighted by Gasteiger charge is -2.35. The van der Waals surface area contributed by atoms with Crippen molar-refractivity contribution in [2.24, 2.45) is 5.92 Å². The molecular weight excluding hydrogens is 372 g/mol. The van der Waals surface area contributed by atoms with Crippen LogP contribution >= 0.6 is 22.9 Å². The third-order valence-corrected chi connectivity index (χ3v) is 6.54.